The van der Waals surface area contributed by atoms with Crippen LogP contribution in [0.5, 0.6) is 23.0 Å². The number of nitrogens with zero attached hydrogens (tertiary/aromatic N) is 1. The number of amides is 1. The molecule has 2 aromatic rings. The van der Waals surface area contributed by atoms with E-state index in [1.807, 2.05) is 6.92 Å². The first-order valence-corrected chi connectivity index (χ1v) is 8.71. The van der Waals surface area contributed by atoms with E-state index < -0.39 is 6.09 Å². The highest BCUT2D eigenvalue weighted by Gasteiger charge is 2.28. The van der Waals surface area contributed by atoms with Crippen molar-refractivity contribution >= 4 is 18.0 Å². The van der Waals surface area contributed by atoms with Gasteiger partial charge in [0.1, 0.15) is 11.5 Å². The summed E-state index contributed by atoms with van der Waals surface area (Å²) in [6.45, 7) is 2.23. The first kappa shape index (κ1) is 19.3. The van der Waals surface area contributed by atoms with E-state index in [1.54, 1.807) is 57.6 Å². The fraction of sp³-hybridized carbons (Fsp3) is 0.238. The number of hydrogen-bond acceptors (Lipinski definition) is 6. The highest BCUT2D eigenvalue weighted by molar-refractivity contribution is 6.14. The van der Waals surface area contributed by atoms with Crippen LogP contribution in [0.4, 0.5) is 4.79 Å². The van der Waals surface area contributed by atoms with E-state index in [-0.39, 0.29) is 17.3 Å². The van der Waals surface area contributed by atoms with Gasteiger partial charge in [-0.05, 0) is 31.2 Å². The lowest BCUT2D eigenvalue weighted by Crippen LogP contribution is -2.25. The van der Waals surface area contributed by atoms with Crippen molar-refractivity contribution in [1.82, 2.24) is 4.90 Å². The number of methoxy groups -OCH3 is 1. The van der Waals surface area contributed by atoms with Crippen molar-refractivity contribution in [2.45, 2.75) is 6.92 Å². The van der Waals surface area contributed by atoms with E-state index in [2.05, 4.69) is 0 Å². The first-order chi connectivity index (χ1) is 13.4. The van der Waals surface area contributed by atoms with Gasteiger partial charge < -0.3 is 23.8 Å². The lowest BCUT2D eigenvalue weighted by Gasteiger charge is -2.16. The minimum atomic E-state index is -0.557. The van der Waals surface area contributed by atoms with Crippen LogP contribution in [0.1, 0.15) is 22.8 Å². The zero-order chi connectivity index (χ0) is 20.3. The summed E-state index contributed by atoms with van der Waals surface area (Å²) in [4.78, 5) is 26.1. The summed E-state index contributed by atoms with van der Waals surface area (Å²) in [6.07, 6.45) is 0.980. The lowest BCUT2D eigenvalue weighted by atomic mass is 10.1. The molecule has 0 atom stereocenters. The Hall–Kier alpha value is -3.48. The topological polar surface area (TPSA) is 74.3 Å². The van der Waals surface area contributed by atoms with Crippen LogP contribution in [0, 0.1) is 0 Å². The number of ketones is 1. The predicted molar refractivity (Wildman–Crippen MR) is 103 cm³/mol. The molecule has 0 aliphatic carbocycles. The van der Waals surface area contributed by atoms with Crippen molar-refractivity contribution in [2.24, 2.45) is 0 Å². The van der Waals surface area contributed by atoms with Gasteiger partial charge in [0.2, 0.25) is 5.78 Å². The molecule has 0 unspecified atom stereocenters. The molecule has 3 rings (SSSR count). The molecule has 1 aliphatic heterocycles. The molecule has 0 saturated heterocycles. The minimum absolute atomic E-state index is 0.124. The highest BCUT2D eigenvalue weighted by atomic mass is 16.6. The van der Waals surface area contributed by atoms with Crippen LogP contribution in [0.2, 0.25) is 0 Å². The van der Waals surface area contributed by atoms with Gasteiger partial charge in [0.05, 0.1) is 19.3 Å². The molecule has 0 N–H and O–H groups in total. The summed E-state index contributed by atoms with van der Waals surface area (Å²) in [7, 11) is 4.70. The van der Waals surface area contributed by atoms with E-state index in [1.165, 1.54) is 11.0 Å². The predicted octanol–water partition coefficient (Wildman–Crippen LogP) is 3.77. The Morgan fingerprint density at radius 3 is 2.68 bits per heavy atom. The van der Waals surface area contributed by atoms with Crippen LogP contribution in [0.25, 0.3) is 6.08 Å². The Morgan fingerprint density at radius 2 is 2.00 bits per heavy atom. The number of Topliss-reactive ketones (excluding diaryl/α,β-unsaturated/α-hetero) is 1. The molecule has 2 aromatic carbocycles. The third-order valence-electron chi connectivity index (χ3n) is 4.03. The average Bonchev–Trinajstić information content (AvgIpc) is 2.99. The average molecular weight is 383 g/mol. The maximum absolute atomic E-state index is 12.7. The Labute approximate surface area is 163 Å². The van der Waals surface area contributed by atoms with E-state index in [9.17, 15) is 9.59 Å². The van der Waals surface area contributed by atoms with Crippen molar-refractivity contribution in [2.75, 3.05) is 27.8 Å². The SMILES string of the molecule is CCOc1cccc(/C=C2\Oc3cc(OC)ccc3C2=O)c1OC(=O)N(C)C. The summed E-state index contributed by atoms with van der Waals surface area (Å²) >= 11 is 0. The highest BCUT2D eigenvalue weighted by Crippen LogP contribution is 2.38. The molecule has 0 radical (unpaired) electrons. The Morgan fingerprint density at radius 1 is 1.21 bits per heavy atom. The molecule has 0 bridgehead atoms. The van der Waals surface area contributed by atoms with Crippen molar-refractivity contribution in [3.8, 4) is 23.0 Å². The summed E-state index contributed by atoms with van der Waals surface area (Å²) in [6, 6.07) is 10.2. The molecular formula is C21H21NO6. The van der Waals surface area contributed by atoms with Gasteiger partial charge in [-0.3, -0.25) is 4.79 Å². The number of hydrogen-bond donors (Lipinski definition) is 0. The number of allylic oxidation sites excluding steroid dienone is 1. The molecular weight excluding hydrogens is 362 g/mol. The normalized spacial score (nSPS) is 13.7. The number of fused-ring (bicyclic) bond motifs is 1. The summed E-state index contributed by atoms with van der Waals surface area (Å²) in [5, 5.41) is 0. The zero-order valence-corrected chi connectivity index (χ0v) is 16.1. The summed E-state index contributed by atoms with van der Waals surface area (Å²) < 4.78 is 21.9. The van der Waals surface area contributed by atoms with Crippen molar-refractivity contribution in [1.29, 1.82) is 0 Å². The van der Waals surface area contributed by atoms with Gasteiger partial charge in [0.15, 0.2) is 17.3 Å². The maximum Gasteiger partial charge on any atom is 0.414 e. The van der Waals surface area contributed by atoms with Crippen LogP contribution in [0.3, 0.4) is 0 Å². The number of carbonyl (C=O) groups is 2. The molecule has 0 saturated carbocycles. The van der Waals surface area contributed by atoms with Gasteiger partial charge in [0, 0.05) is 25.7 Å². The standard InChI is InChI=1S/C21H21NO6/c1-5-26-16-8-6-7-13(20(16)28-21(24)22(2)3)11-18-19(23)15-10-9-14(25-4)12-17(15)27-18/h6-12H,5H2,1-4H3/b18-11-. The molecule has 146 valence electrons. The molecule has 7 nitrogen and oxygen atoms in total. The van der Waals surface area contributed by atoms with E-state index in [0.717, 1.165) is 0 Å². The van der Waals surface area contributed by atoms with Gasteiger partial charge in [-0.1, -0.05) is 12.1 Å². The van der Waals surface area contributed by atoms with Crippen LogP contribution < -0.4 is 18.9 Å². The Balaban J connectivity index is 2.00. The fourth-order valence-electron chi connectivity index (χ4n) is 2.64. The molecule has 7 heteroatoms. The van der Waals surface area contributed by atoms with Crippen molar-refractivity contribution in [3.63, 3.8) is 0 Å². The number of rotatable bonds is 5. The van der Waals surface area contributed by atoms with Gasteiger partial charge in [0.25, 0.3) is 0 Å². The summed E-state index contributed by atoms with van der Waals surface area (Å²) in [5.41, 5.74) is 0.934. The number of benzene rings is 2. The molecule has 0 fully saturated rings. The Kier molecular flexibility index (Phi) is 5.54. The van der Waals surface area contributed by atoms with Crippen LogP contribution in [-0.2, 0) is 0 Å². The molecule has 1 aliphatic rings. The second-order valence-electron chi connectivity index (χ2n) is 6.17. The maximum atomic E-state index is 12.7. The number of carbonyl (C=O) groups excluding carboxylic acids is 2. The van der Waals surface area contributed by atoms with Gasteiger partial charge >= 0.3 is 6.09 Å². The quantitative estimate of drug-likeness (QED) is 0.732. The monoisotopic (exact) mass is 383 g/mol. The first-order valence-electron chi connectivity index (χ1n) is 8.71. The summed E-state index contributed by atoms with van der Waals surface area (Å²) in [5.74, 6) is 1.50. The fourth-order valence-corrected chi connectivity index (χ4v) is 2.64. The van der Waals surface area contributed by atoms with Gasteiger partial charge in [-0.25, -0.2) is 4.79 Å². The molecule has 0 aromatic heterocycles. The second kappa shape index (κ2) is 8.04. The van der Waals surface area contributed by atoms with Crippen molar-refractivity contribution in [3.05, 3.63) is 53.3 Å². The van der Waals surface area contributed by atoms with Crippen molar-refractivity contribution < 1.29 is 28.5 Å². The third kappa shape index (κ3) is 3.78. The second-order valence-corrected chi connectivity index (χ2v) is 6.17. The van der Waals surface area contributed by atoms with Gasteiger partial charge in [-0.2, -0.15) is 0 Å². The molecule has 0 spiro atoms. The van der Waals surface area contributed by atoms with Crippen LogP contribution >= 0.6 is 0 Å². The Bertz CT molecular complexity index is 948. The van der Waals surface area contributed by atoms with Crippen LogP contribution in [0.15, 0.2) is 42.2 Å². The number of para-hydroxylation sites is 1. The third-order valence-corrected chi connectivity index (χ3v) is 4.03. The smallest absolute Gasteiger partial charge is 0.414 e. The lowest BCUT2D eigenvalue weighted by molar-refractivity contribution is 0.101. The molecule has 28 heavy (non-hydrogen) atoms. The zero-order valence-electron chi connectivity index (χ0n) is 16.1. The van der Waals surface area contributed by atoms with E-state index >= 15 is 0 Å². The van der Waals surface area contributed by atoms with E-state index in [0.29, 0.717) is 35.0 Å². The molecule has 1 amide bonds. The van der Waals surface area contributed by atoms with Gasteiger partial charge in [-0.15, -0.1) is 0 Å². The molecule has 1 heterocycles. The number of ether oxygens (including phenoxy) is 4. The van der Waals surface area contributed by atoms with Crippen LogP contribution in [-0.4, -0.2) is 44.6 Å². The largest absolute Gasteiger partial charge is 0.497 e. The van der Waals surface area contributed by atoms with E-state index in [4.69, 9.17) is 18.9 Å². The minimum Gasteiger partial charge on any atom is -0.497 e.